The average molecular weight is 308 g/mol. The van der Waals surface area contributed by atoms with E-state index < -0.39 is 0 Å². The summed E-state index contributed by atoms with van der Waals surface area (Å²) in [5.74, 6) is 3.21. The molecule has 1 fully saturated rings. The van der Waals surface area contributed by atoms with Crippen molar-refractivity contribution < 1.29 is 9.53 Å². The van der Waals surface area contributed by atoms with Gasteiger partial charge in [-0.05, 0) is 19.1 Å². The number of thioether (sulfide) groups is 1. The van der Waals surface area contributed by atoms with Crippen molar-refractivity contribution in [2.75, 3.05) is 38.2 Å². The van der Waals surface area contributed by atoms with E-state index in [1.54, 1.807) is 4.90 Å². The number of amides is 1. The van der Waals surface area contributed by atoms with E-state index in [0.717, 1.165) is 23.8 Å². The molecule has 1 amide bonds. The van der Waals surface area contributed by atoms with Gasteiger partial charge in [-0.1, -0.05) is 17.7 Å². The molecule has 4 nitrogen and oxygen atoms in total. The highest BCUT2D eigenvalue weighted by molar-refractivity contribution is 7.99. The van der Waals surface area contributed by atoms with E-state index in [-0.39, 0.29) is 5.91 Å². The van der Waals surface area contributed by atoms with E-state index in [1.165, 1.54) is 5.56 Å². The summed E-state index contributed by atoms with van der Waals surface area (Å²) in [5, 5.41) is 3.39. The highest BCUT2D eigenvalue weighted by Crippen LogP contribution is 2.12. The highest BCUT2D eigenvalue weighted by Gasteiger charge is 2.18. The maximum Gasteiger partial charge on any atom is 0.224 e. The second kappa shape index (κ2) is 8.29. The van der Waals surface area contributed by atoms with Crippen LogP contribution in [0.1, 0.15) is 12.0 Å². The Morgan fingerprint density at radius 3 is 2.86 bits per heavy atom. The number of likely N-dealkylation sites (N-methyl/N-ethyl adjacent to an activating group) is 1. The molecule has 21 heavy (non-hydrogen) atoms. The zero-order valence-electron chi connectivity index (χ0n) is 12.8. The van der Waals surface area contributed by atoms with Gasteiger partial charge >= 0.3 is 0 Å². The van der Waals surface area contributed by atoms with Crippen molar-refractivity contribution in [3.05, 3.63) is 29.8 Å². The van der Waals surface area contributed by atoms with Crippen molar-refractivity contribution in [2.45, 2.75) is 19.4 Å². The molecule has 0 aromatic heterocycles. The Morgan fingerprint density at radius 2 is 2.19 bits per heavy atom. The number of ether oxygens (including phenoxy) is 1. The van der Waals surface area contributed by atoms with Crippen molar-refractivity contribution in [3.8, 4) is 5.75 Å². The minimum atomic E-state index is 0.183. The van der Waals surface area contributed by atoms with Crippen molar-refractivity contribution in [1.29, 1.82) is 0 Å². The maximum absolute atomic E-state index is 12.1. The molecule has 0 aliphatic carbocycles. The van der Waals surface area contributed by atoms with E-state index in [4.69, 9.17) is 4.74 Å². The summed E-state index contributed by atoms with van der Waals surface area (Å²) < 4.78 is 5.66. The van der Waals surface area contributed by atoms with Crippen LogP contribution in [0.5, 0.6) is 5.75 Å². The predicted molar refractivity (Wildman–Crippen MR) is 88.0 cm³/mol. The summed E-state index contributed by atoms with van der Waals surface area (Å²) in [5.41, 5.74) is 1.22. The number of nitrogens with one attached hydrogen (secondary N) is 1. The lowest BCUT2D eigenvalue weighted by Crippen LogP contribution is -2.42. The lowest BCUT2D eigenvalue weighted by molar-refractivity contribution is -0.130. The van der Waals surface area contributed by atoms with Crippen LogP contribution >= 0.6 is 11.8 Å². The molecule has 0 radical (unpaired) electrons. The molecule has 0 saturated carbocycles. The molecule has 1 aliphatic heterocycles. The Bertz CT molecular complexity index is 444. The fraction of sp³-hybridized carbons (Fsp3) is 0.562. The van der Waals surface area contributed by atoms with Crippen LogP contribution in [0.15, 0.2) is 24.3 Å². The number of carbonyl (C=O) groups is 1. The molecule has 2 rings (SSSR count). The van der Waals surface area contributed by atoms with Crippen LogP contribution < -0.4 is 10.1 Å². The molecule has 1 aromatic rings. The van der Waals surface area contributed by atoms with Gasteiger partial charge in [-0.15, -0.1) is 0 Å². The molecule has 1 aliphatic rings. The van der Waals surface area contributed by atoms with Gasteiger partial charge in [-0.3, -0.25) is 4.79 Å². The Kier molecular flexibility index (Phi) is 6.39. The standard InChI is InChI=1S/C16H24N2O2S/c1-13-3-5-15(6-4-13)20-9-8-18(2)16(19)11-14-12-21-10-7-17-14/h3-6,14,17H,7-12H2,1-2H3. The number of nitrogens with zero attached hydrogens (tertiary/aromatic N) is 1. The Labute approximate surface area is 131 Å². The molecular weight excluding hydrogens is 284 g/mol. The third-order valence-corrected chi connectivity index (χ3v) is 4.69. The molecule has 0 bridgehead atoms. The monoisotopic (exact) mass is 308 g/mol. The normalized spacial score (nSPS) is 18.3. The Balaban J connectivity index is 1.67. The minimum absolute atomic E-state index is 0.183. The van der Waals surface area contributed by atoms with E-state index in [2.05, 4.69) is 5.32 Å². The topological polar surface area (TPSA) is 41.6 Å². The molecule has 1 saturated heterocycles. The summed E-state index contributed by atoms with van der Waals surface area (Å²) in [6.45, 7) is 4.20. The first-order valence-electron chi connectivity index (χ1n) is 7.39. The van der Waals surface area contributed by atoms with Crippen LogP contribution in [0.2, 0.25) is 0 Å². The van der Waals surface area contributed by atoms with Crippen LogP contribution in [0.25, 0.3) is 0 Å². The number of hydrogen-bond donors (Lipinski definition) is 1. The molecule has 1 heterocycles. The largest absolute Gasteiger partial charge is 0.492 e. The second-order valence-corrected chi connectivity index (χ2v) is 6.56. The zero-order valence-corrected chi connectivity index (χ0v) is 13.6. The van der Waals surface area contributed by atoms with E-state index in [0.29, 0.717) is 25.6 Å². The third kappa shape index (κ3) is 5.59. The van der Waals surface area contributed by atoms with Crippen molar-refractivity contribution >= 4 is 17.7 Å². The van der Waals surface area contributed by atoms with Crippen LogP contribution in [-0.2, 0) is 4.79 Å². The summed E-state index contributed by atoms with van der Waals surface area (Å²) in [6, 6.07) is 8.28. The minimum Gasteiger partial charge on any atom is -0.492 e. The first-order valence-corrected chi connectivity index (χ1v) is 8.55. The lowest BCUT2D eigenvalue weighted by atomic mass is 10.2. The van der Waals surface area contributed by atoms with Gasteiger partial charge in [-0.2, -0.15) is 11.8 Å². The summed E-state index contributed by atoms with van der Waals surface area (Å²) in [7, 11) is 1.84. The SMILES string of the molecule is Cc1ccc(OCCN(C)C(=O)CC2CSCCN2)cc1. The Morgan fingerprint density at radius 1 is 1.43 bits per heavy atom. The second-order valence-electron chi connectivity index (χ2n) is 5.41. The number of aryl methyl sites for hydroxylation is 1. The van der Waals surface area contributed by atoms with Gasteiger partial charge in [0.25, 0.3) is 0 Å². The number of carbonyl (C=O) groups excluding carboxylic acids is 1. The fourth-order valence-electron chi connectivity index (χ4n) is 2.18. The van der Waals surface area contributed by atoms with Gasteiger partial charge in [-0.25, -0.2) is 0 Å². The van der Waals surface area contributed by atoms with Gasteiger partial charge in [0.1, 0.15) is 12.4 Å². The van der Waals surface area contributed by atoms with Gasteiger partial charge < -0.3 is 15.0 Å². The average Bonchev–Trinajstić information content (AvgIpc) is 2.50. The van der Waals surface area contributed by atoms with E-state index in [1.807, 2.05) is 50.0 Å². The predicted octanol–water partition coefficient (Wildman–Crippen LogP) is 1.93. The number of rotatable bonds is 6. The molecule has 1 N–H and O–H groups in total. The molecule has 5 heteroatoms. The zero-order chi connectivity index (χ0) is 15.1. The molecular formula is C16H24N2O2S. The first-order chi connectivity index (χ1) is 10.1. The van der Waals surface area contributed by atoms with Crippen LogP contribution in [-0.4, -0.2) is 55.1 Å². The number of benzene rings is 1. The van der Waals surface area contributed by atoms with E-state index in [9.17, 15) is 4.79 Å². The Hall–Kier alpha value is -1.20. The van der Waals surface area contributed by atoms with Crippen LogP contribution in [0, 0.1) is 6.92 Å². The lowest BCUT2D eigenvalue weighted by Gasteiger charge is -2.25. The highest BCUT2D eigenvalue weighted by atomic mass is 32.2. The van der Waals surface area contributed by atoms with Crippen LogP contribution in [0.3, 0.4) is 0 Å². The van der Waals surface area contributed by atoms with Gasteiger partial charge in [0.15, 0.2) is 0 Å². The van der Waals surface area contributed by atoms with Gasteiger partial charge in [0.2, 0.25) is 5.91 Å². The molecule has 116 valence electrons. The molecule has 1 atom stereocenters. The third-order valence-electron chi connectivity index (χ3n) is 3.56. The molecule has 1 unspecified atom stereocenters. The van der Waals surface area contributed by atoms with Crippen molar-refractivity contribution in [2.24, 2.45) is 0 Å². The molecule has 1 aromatic carbocycles. The fourth-order valence-corrected chi connectivity index (χ4v) is 3.13. The van der Waals surface area contributed by atoms with Crippen molar-refractivity contribution in [3.63, 3.8) is 0 Å². The van der Waals surface area contributed by atoms with Gasteiger partial charge in [0.05, 0.1) is 6.54 Å². The van der Waals surface area contributed by atoms with Gasteiger partial charge in [0, 0.05) is 37.6 Å². The first kappa shape index (κ1) is 16.2. The summed E-state index contributed by atoms with van der Waals surface area (Å²) in [6.07, 6.45) is 0.577. The summed E-state index contributed by atoms with van der Waals surface area (Å²) in [4.78, 5) is 13.9. The quantitative estimate of drug-likeness (QED) is 0.872. The summed E-state index contributed by atoms with van der Waals surface area (Å²) >= 11 is 1.92. The maximum atomic E-state index is 12.1. The number of hydrogen-bond acceptors (Lipinski definition) is 4. The van der Waals surface area contributed by atoms with E-state index >= 15 is 0 Å². The molecule has 0 spiro atoms. The van der Waals surface area contributed by atoms with Crippen molar-refractivity contribution in [1.82, 2.24) is 10.2 Å². The van der Waals surface area contributed by atoms with Crippen LogP contribution in [0.4, 0.5) is 0 Å². The smallest absolute Gasteiger partial charge is 0.224 e.